The molecule has 1 atom stereocenters. The summed E-state index contributed by atoms with van der Waals surface area (Å²) >= 11 is 0. The fourth-order valence-electron chi connectivity index (χ4n) is 3.17. The van der Waals surface area contributed by atoms with E-state index in [-0.39, 0.29) is 28.7 Å². The molecule has 1 fully saturated rings. The van der Waals surface area contributed by atoms with Gasteiger partial charge in [0.15, 0.2) is 9.84 Å². The number of hydrogen-bond acceptors (Lipinski definition) is 8. The Balaban J connectivity index is 1.44. The van der Waals surface area contributed by atoms with Crippen molar-refractivity contribution in [3.05, 3.63) is 60.4 Å². The van der Waals surface area contributed by atoms with Crippen LogP contribution in [0.4, 0.5) is 5.69 Å². The highest BCUT2D eigenvalue weighted by molar-refractivity contribution is 7.92. The third-order valence-corrected chi connectivity index (χ3v) is 8.00. The third kappa shape index (κ3) is 4.95. The Kier molecular flexibility index (Phi) is 5.56. The Morgan fingerprint density at radius 3 is 2.55 bits per heavy atom. The van der Waals surface area contributed by atoms with Crippen LogP contribution in [0.25, 0.3) is 5.69 Å². The van der Waals surface area contributed by atoms with E-state index in [0.717, 1.165) is 0 Å². The van der Waals surface area contributed by atoms with Crippen molar-refractivity contribution in [1.29, 1.82) is 0 Å². The van der Waals surface area contributed by atoms with Crippen LogP contribution >= 0.6 is 0 Å². The largest absolute Gasteiger partial charge is 0.322 e. The van der Waals surface area contributed by atoms with Crippen LogP contribution < -0.4 is 10.0 Å². The Morgan fingerprint density at radius 1 is 1.13 bits per heavy atom. The van der Waals surface area contributed by atoms with Crippen LogP contribution in [-0.2, 0) is 19.9 Å². The van der Waals surface area contributed by atoms with Gasteiger partial charge in [-0.2, -0.15) is 0 Å². The molecule has 2 heterocycles. The molecule has 1 amide bonds. The van der Waals surface area contributed by atoms with Gasteiger partial charge in [0.2, 0.25) is 10.0 Å². The summed E-state index contributed by atoms with van der Waals surface area (Å²) in [5, 5.41) is 13.6. The van der Waals surface area contributed by atoms with E-state index in [0.29, 0.717) is 16.9 Å². The number of aromatic nitrogens is 4. The van der Waals surface area contributed by atoms with Crippen molar-refractivity contribution in [2.75, 3.05) is 16.8 Å². The quantitative estimate of drug-likeness (QED) is 0.533. The lowest BCUT2D eigenvalue weighted by Crippen LogP contribution is -2.35. The van der Waals surface area contributed by atoms with Gasteiger partial charge in [0.1, 0.15) is 6.33 Å². The van der Waals surface area contributed by atoms with Gasteiger partial charge >= 0.3 is 0 Å². The maximum absolute atomic E-state index is 12.5. The predicted octanol–water partition coefficient (Wildman–Crippen LogP) is 0.380. The number of nitrogens with zero attached hydrogens (tertiary/aromatic N) is 4. The SMILES string of the molecule is O=C(Nc1ccc(S(=O)(=O)N[C@H]2CCS(=O)(=O)C2)cc1)c1cccc(-n2cnnn2)c1. The van der Waals surface area contributed by atoms with E-state index in [4.69, 9.17) is 0 Å². The molecule has 13 heteroatoms. The standard InChI is InChI=1S/C18H18N6O5S2/c25-18(13-2-1-3-16(10-13)24-12-19-22-23-24)20-14-4-6-17(7-5-14)31(28,29)21-15-8-9-30(26,27)11-15/h1-7,10,12,15,21H,8-9,11H2,(H,20,25)/t15-/m0/s1. The number of tetrazole rings is 1. The minimum absolute atomic E-state index is 0.0181. The van der Waals surface area contributed by atoms with Crippen LogP contribution in [0, 0.1) is 0 Å². The van der Waals surface area contributed by atoms with Gasteiger partial charge in [0, 0.05) is 17.3 Å². The van der Waals surface area contributed by atoms with E-state index in [1.54, 1.807) is 24.3 Å². The Labute approximate surface area is 178 Å². The third-order valence-electron chi connectivity index (χ3n) is 4.70. The van der Waals surface area contributed by atoms with Crippen molar-refractivity contribution in [2.24, 2.45) is 0 Å². The summed E-state index contributed by atoms with van der Waals surface area (Å²) in [5.74, 6) is -0.621. The minimum Gasteiger partial charge on any atom is -0.322 e. The molecule has 31 heavy (non-hydrogen) atoms. The topological polar surface area (TPSA) is 153 Å². The van der Waals surface area contributed by atoms with E-state index >= 15 is 0 Å². The number of hydrogen-bond donors (Lipinski definition) is 2. The van der Waals surface area contributed by atoms with Gasteiger partial charge in [0.25, 0.3) is 5.91 Å². The Morgan fingerprint density at radius 2 is 1.90 bits per heavy atom. The second-order valence-corrected chi connectivity index (χ2v) is 10.9. The fourth-order valence-corrected chi connectivity index (χ4v) is 6.21. The lowest BCUT2D eigenvalue weighted by Gasteiger charge is -2.12. The number of nitrogens with one attached hydrogen (secondary N) is 2. The van der Waals surface area contributed by atoms with Gasteiger partial charge < -0.3 is 5.32 Å². The molecule has 1 aliphatic heterocycles. The molecule has 4 rings (SSSR count). The summed E-state index contributed by atoms with van der Waals surface area (Å²) in [7, 11) is -7.07. The van der Waals surface area contributed by atoms with Crippen molar-refractivity contribution >= 4 is 31.5 Å². The summed E-state index contributed by atoms with van der Waals surface area (Å²) in [4.78, 5) is 12.5. The maximum atomic E-state index is 12.5. The first-order valence-electron chi connectivity index (χ1n) is 9.19. The van der Waals surface area contributed by atoms with Gasteiger partial charge in [-0.1, -0.05) is 6.07 Å². The molecule has 0 unspecified atom stereocenters. The highest BCUT2D eigenvalue weighted by Crippen LogP contribution is 2.19. The van der Waals surface area contributed by atoms with Crippen LogP contribution in [0.5, 0.6) is 0 Å². The van der Waals surface area contributed by atoms with Gasteiger partial charge in [-0.15, -0.1) is 5.10 Å². The van der Waals surface area contributed by atoms with Crippen molar-refractivity contribution in [2.45, 2.75) is 17.4 Å². The number of rotatable bonds is 6. The Hall–Kier alpha value is -3.16. The monoisotopic (exact) mass is 462 g/mol. The highest BCUT2D eigenvalue weighted by Gasteiger charge is 2.31. The molecule has 2 N–H and O–H groups in total. The molecule has 1 saturated heterocycles. The number of sulfonamides is 1. The van der Waals surface area contributed by atoms with Crippen molar-refractivity contribution < 1.29 is 21.6 Å². The molecule has 0 bridgehead atoms. The van der Waals surface area contributed by atoms with Crippen LogP contribution in [0.1, 0.15) is 16.8 Å². The number of anilines is 1. The van der Waals surface area contributed by atoms with E-state index in [9.17, 15) is 21.6 Å². The van der Waals surface area contributed by atoms with Crippen LogP contribution in [0.15, 0.2) is 59.8 Å². The van der Waals surface area contributed by atoms with Gasteiger partial charge in [-0.3, -0.25) is 4.79 Å². The van der Waals surface area contributed by atoms with Gasteiger partial charge in [-0.25, -0.2) is 26.2 Å². The van der Waals surface area contributed by atoms with Crippen molar-refractivity contribution in [1.82, 2.24) is 24.9 Å². The second-order valence-electron chi connectivity index (χ2n) is 7.00. The summed E-state index contributed by atoms with van der Waals surface area (Å²) in [6.07, 6.45) is 1.66. The second kappa shape index (κ2) is 8.17. The molecular weight excluding hydrogens is 444 g/mol. The molecular formula is C18H18N6O5S2. The molecule has 0 spiro atoms. The lowest BCUT2D eigenvalue weighted by molar-refractivity contribution is 0.102. The van der Waals surface area contributed by atoms with E-state index < -0.39 is 25.9 Å². The summed E-state index contributed by atoms with van der Waals surface area (Å²) in [6, 6.07) is 11.7. The molecule has 3 aromatic rings. The molecule has 162 valence electrons. The smallest absolute Gasteiger partial charge is 0.255 e. The van der Waals surface area contributed by atoms with Crippen LogP contribution in [0.2, 0.25) is 0 Å². The van der Waals surface area contributed by atoms with E-state index in [1.807, 2.05) is 0 Å². The predicted molar refractivity (Wildman–Crippen MR) is 111 cm³/mol. The van der Waals surface area contributed by atoms with Crippen LogP contribution in [0.3, 0.4) is 0 Å². The van der Waals surface area contributed by atoms with Gasteiger partial charge in [-0.05, 0) is 59.3 Å². The zero-order valence-electron chi connectivity index (χ0n) is 16.0. The zero-order chi connectivity index (χ0) is 22.1. The first-order valence-corrected chi connectivity index (χ1v) is 12.5. The minimum atomic E-state index is -3.87. The summed E-state index contributed by atoms with van der Waals surface area (Å²) < 4.78 is 51.9. The number of amides is 1. The van der Waals surface area contributed by atoms with E-state index in [2.05, 4.69) is 25.6 Å². The average Bonchev–Trinajstić information content (AvgIpc) is 3.38. The average molecular weight is 463 g/mol. The highest BCUT2D eigenvalue weighted by atomic mass is 32.2. The molecule has 0 aliphatic carbocycles. The molecule has 0 saturated carbocycles. The van der Waals surface area contributed by atoms with Crippen molar-refractivity contribution in [3.63, 3.8) is 0 Å². The maximum Gasteiger partial charge on any atom is 0.255 e. The number of benzene rings is 2. The van der Waals surface area contributed by atoms with E-state index in [1.165, 1.54) is 35.3 Å². The fraction of sp³-hybridized carbons (Fsp3) is 0.222. The first kappa shape index (κ1) is 21.1. The molecule has 0 radical (unpaired) electrons. The number of sulfone groups is 1. The van der Waals surface area contributed by atoms with Crippen LogP contribution in [-0.4, -0.2) is 60.5 Å². The molecule has 1 aliphatic rings. The first-order chi connectivity index (χ1) is 14.7. The molecule has 2 aromatic carbocycles. The van der Waals surface area contributed by atoms with Crippen molar-refractivity contribution in [3.8, 4) is 5.69 Å². The number of carbonyl (C=O) groups is 1. The zero-order valence-corrected chi connectivity index (χ0v) is 17.7. The lowest BCUT2D eigenvalue weighted by atomic mass is 10.2. The number of carbonyl (C=O) groups excluding carboxylic acids is 1. The Bertz CT molecular complexity index is 1310. The normalized spacial score (nSPS) is 18.0. The molecule has 11 nitrogen and oxygen atoms in total. The molecule has 1 aromatic heterocycles. The summed E-state index contributed by atoms with van der Waals surface area (Å²) in [6.45, 7) is 0. The summed E-state index contributed by atoms with van der Waals surface area (Å²) in [5.41, 5.74) is 1.38. The van der Waals surface area contributed by atoms with Gasteiger partial charge in [0.05, 0.1) is 22.1 Å².